The van der Waals surface area contributed by atoms with Crippen molar-refractivity contribution >= 4 is 46.3 Å². The summed E-state index contributed by atoms with van der Waals surface area (Å²) < 4.78 is 20.8. The van der Waals surface area contributed by atoms with Crippen LogP contribution in [0, 0.1) is 0 Å². The summed E-state index contributed by atoms with van der Waals surface area (Å²) in [6, 6.07) is 20.7. The summed E-state index contributed by atoms with van der Waals surface area (Å²) >= 11 is 12.7. The van der Waals surface area contributed by atoms with Crippen molar-refractivity contribution in [3.8, 4) is 5.75 Å². The fourth-order valence-corrected chi connectivity index (χ4v) is 6.02. The van der Waals surface area contributed by atoms with Crippen LogP contribution in [0.1, 0.15) is 5.56 Å². The maximum absolute atomic E-state index is 11.4. The van der Waals surface area contributed by atoms with E-state index in [1.165, 1.54) is 0 Å². The molecule has 3 heterocycles. The molecule has 230 valence electrons. The number of nitrogens with one attached hydrogen (secondary N) is 2. The summed E-state index contributed by atoms with van der Waals surface area (Å²) in [5, 5.41) is 3.68. The lowest BCUT2D eigenvalue weighted by Crippen LogP contribution is -2.46. The van der Waals surface area contributed by atoms with Crippen LogP contribution < -0.4 is 31.1 Å². The number of hydrazine groups is 1. The molecular formula is C31H33Cl2N7O4. The SMILES string of the molecule is NNC(=O)Nc1ccc(N2CCN(c3ccc(OC[C@@H]4CO[C@@](Cn5ccnc5)(c5ccc(Cl)cc5Cl)O4)cc3)CC2)cc1. The molecule has 0 radical (unpaired) electrons. The molecule has 4 N–H and O–H groups in total. The molecule has 2 aliphatic rings. The van der Waals surface area contributed by atoms with E-state index >= 15 is 0 Å². The second-order valence-corrected chi connectivity index (χ2v) is 11.4. The van der Waals surface area contributed by atoms with Crippen LogP contribution >= 0.6 is 23.2 Å². The molecule has 11 nitrogen and oxygen atoms in total. The zero-order valence-corrected chi connectivity index (χ0v) is 25.4. The number of imidazole rings is 1. The van der Waals surface area contributed by atoms with Gasteiger partial charge in [0, 0.05) is 66.2 Å². The third-order valence-electron chi connectivity index (χ3n) is 7.69. The molecule has 3 aromatic carbocycles. The first kappa shape index (κ1) is 30.0. The van der Waals surface area contributed by atoms with Crippen LogP contribution in [0.15, 0.2) is 85.5 Å². The molecule has 44 heavy (non-hydrogen) atoms. The standard InChI is InChI=1S/C31H33Cl2N7O4/c32-22-1-10-28(29(33)17-22)31(20-38-12-11-35-21-38)43-19-27(44-31)18-42-26-8-6-25(7-9-26)40-15-13-39(14-16-40)24-4-2-23(3-5-24)36-30(41)37-34/h1-12,17,21,27H,13-16,18-20,34H2,(H2,36,37,41)/t27-,31-/m1/s1. The normalized spacial score (nSPS) is 20.0. The number of piperazine rings is 1. The van der Waals surface area contributed by atoms with Crippen LogP contribution in [0.25, 0.3) is 0 Å². The Morgan fingerprint density at radius 1 is 1.00 bits per heavy atom. The van der Waals surface area contributed by atoms with Crippen LogP contribution in [-0.2, 0) is 21.8 Å². The van der Waals surface area contributed by atoms with Crippen molar-refractivity contribution in [3.63, 3.8) is 0 Å². The molecule has 0 spiro atoms. The summed E-state index contributed by atoms with van der Waals surface area (Å²) in [4.78, 5) is 20.2. The highest BCUT2D eigenvalue weighted by Crippen LogP contribution is 2.40. The number of rotatable bonds is 9. The summed E-state index contributed by atoms with van der Waals surface area (Å²) in [5.41, 5.74) is 5.70. The third kappa shape index (κ3) is 6.87. The Morgan fingerprint density at radius 2 is 1.68 bits per heavy atom. The first-order valence-electron chi connectivity index (χ1n) is 14.2. The number of anilines is 3. The maximum Gasteiger partial charge on any atom is 0.333 e. The molecule has 0 unspecified atom stereocenters. The highest BCUT2D eigenvalue weighted by molar-refractivity contribution is 6.35. The number of nitrogens with two attached hydrogens (primary N) is 1. The van der Waals surface area contributed by atoms with Crippen LogP contribution in [0.3, 0.4) is 0 Å². The largest absolute Gasteiger partial charge is 0.491 e. The molecule has 2 atom stereocenters. The van der Waals surface area contributed by atoms with Gasteiger partial charge in [-0.3, -0.25) is 5.43 Å². The van der Waals surface area contributed by atoms with Crippen molar-refractivity contribution < 1.29 is 19.0 Å². The molecule has 6 rings (SSSR count). The average molecular weight is 639 g/mol. The van der Waals surface area contributed by atoms with Crippen molar-refractivity contribution in [2.24, 2.45) is 5.84 Å². The van der Waals surface area contributed by atoms with Gasteiger partial charge < -0.3 is 33.9 Å². The van der Waals surface area contributed by atoms with Gasteiger partial charge in [-0.2, -0.15) is 0 Å². The number of nitrogens with zero attached hydrogens (tertiary/aromatic N) is 4. The lowest BCUT2D eigenvalue weighted by atomic mass is 10.1. The highest BCUT2D eigenvalue weighted by atomic mass is 35.5. The third-order valence-corrected chi connectivity index (χ3v) is 8.24. The van der Waals surface area contributed by atoms with Crippen LogP contribution in [-0.4, -0.2) is 61.1 Å². The molecule has 4 aromatic rings. The van der Waals surface area contributed by atoms with Gasteiger partial charge in [-0.25, -0.2) is 15.6 Å². The van der Waals surface area contributed by atoms with E-state index in [9.17, 15) is 4.79 Å². The number of urea groups is 1. The average Bonchev–Trinajstić information content (AvgIpc) is 3.71. The summed E-state index contributed by atoms with van der Waals surface area (Å²) in [5.74, 6) is 4.79. The van der Waals surface area contributed by atoms with E-state index in [0.29, 0.717) is 41.1 Å². The van der Waals surface area contributed by atoms with Gasteiger partial charge in [-0.05, 0) is 60.7 Å². The second kappa shape index (κ2) is 13.3. The zero-order valence-electron chi connectivity index (χ0n) is 23.9. The first-order chi connectivity index (χ1) is 21.4. The second-order valence-electron chi connectivity index (χ2n) is 10.6. The quantitative estimate of drug-likeness (QED) is 0.135. The lowest BCUT2D eigenvalue weighted by molar-refractivity contribution is -0.189. The minimum Gasteiger partial charge on any atom is -0.491 e. The van der Waals surface area contributed by atoms with Crippen molar-refractivity contribution in [3.05, 3.63) is 101 Å². The molecule has 2 saturated heterocycles. The van der Waals surface area contributed by atoms with Crippen LogP contribution in [0.5, 0.6) is 5.75 Å². The molecule has 1 aromatic heterocycles. The van der Waals surface area contributed by atoms with Gasteiger partial charge in [0.15, 0.2) is 0 Å². The number of carbonyl (C=O) groups excluding carboxylic acids is 1. The number of ether oxygens (including phenoxy) is 3. The Kier molecular flexibility index (Phi) is 9.10. The van der Waals surface area contributed by atoms with Crippen molar-refractivity contribution in [1.29, 1.82) is 0 Å². The van der Waals surface area contributed by atoms with Gasteiger partial charge in [0.05, 0.1) is 24.5 Å². The Bertz CT molecular complexity index is 1550. The van der Waals surface area contributed by atoms with Gasteiger partial charge in [0.2, 0.25) is 5.79 Å². The van der Waals surface area contributed by atoms with Crippen LogP contribution in [0.4, 0.5) is 21.9 Å². The van der Waals surface area contributed by atoms with Gasteiger partial charge >= 0.3 is 6.03 Å². The topological polar surface area (TPSA) is 119 Å². The molecular weight excluding hydrogens is 605 g/mol. The number of hydrogen-bond donors (Lipinski definition) is 3. The van der Waals surface area contributed by atoms with E-state index in [0.717, 1.165) is 43.3 Å². The molecule has 0 aliphatic carbocycles. The number of aromatic nitrogens is 2. The van der Waals surface area contributed by atoms with Crippen molar-refractivity contribution in [2.45, 2.75) is 18.4 Å². The minimum absolute atomic E-state index is 0.305. The number of halogens is 2. The van der Waals surface area contributed by atoms with Gasteiger partial charge in [-0.1, -0.05) is 29.3 Å². The Morgan fingerprint density at radius 3 is 2.30 bits per heavy atom. The fraction of sp³-hybridized carbons (Fsp3) is 0.290. The molecule has 2 amide bonds. The molecule has 2 aliphatic heterocycles. The van der Waals surface area contributed by atoms with Crippen molar-refractivity contribution in [1.82, 2.24) is 15.0 Å². The van der Waals surface area contributed by atoms with E-state index < -0.39 is 11.8 Å². The van der Waals surface area contributed by atoms with Gasteiger partial charge in [-0.15, -0.1) is 0 Å². The predicted molar refractivity (Wildman–Crippen MR) is 170 cm³/mol. The Labute approximate surface area is 265 Å². The van der Waals surface area contributed by atoms with E-state index in [4.69, 9.17) is 43.3 Å². The van der Waals surface area contributed by atoms with Gasteiger partial charge in [0.1, 0.15) is 18.5 Å². The summed E-state index contributed by atoms with van der Waals surface area (Å²) in [6.07, 6.45) is 4.97. The summed E-state index contributed by atoms with van der Waals surface area (Å²) in [7, 11) is 0. The van der Waals surface area contributed by atoms with Crippen LogP contribution in [0.2, 0.25) is 10.0 Å². The van der Waals surface area contributed by atoms with E-state index in [1.807, 2.05) is 53.2 Å². The first-order valence-corrected chi connectivity index (χ1v) is 15.0. The van der Waals surface area contributed by atoms with E-state index in [2.05, 4.69) is 37.7 Å². The van der Waals surface area contributed by atoms with Gasteiger partial charge in [0.25, 0.3) is 0 Å². The molecule has 0 bridgehead atoms. The maximum atomic E-state index is 11.4. The monoisotopic (exact) mass is 637 g/mol. The fourth-order valence-electron chi connectivity index (χ4n) is 5.46. The Balaban J connectivity index is 1.02. The highest BCUT2D eigenvalue weighted by Gasteiger charge is 2.45. The van der Waals surface area contributed by atoms with Crippen molar-refractivity contribution in [2.75, 3.05) is 54.5 Å². The summed E-state index contributed by atoms with van der Waals surface area (Å²) in [6.45, 7) is 4.57. The molecule has 2 fully saturated rings. The smallest absolute Gasteiger partial charge is 0.333 e. The predicted octanol–water partition coefficient (Wildman–Crippen LogP) is 4.86. The number of hydrogen-bond acceptors (Lipinski definition) is 8. The van der Waals surface area contributed by atoms with E-state index in [1.54, 1.807) is 24.7 Å². The lowest BCUT2D eigenvalue weighted by Gasteiger charge is -2.37. The number of carbonyl (C=O) groups is 1. The zero-order chi connectivity index (χ0) is 30.5. The minimum atomic E-state index is -1.09. The Hall–Kier alpha value is -4.00. The molecule has 13 heteroatoms. The molecule has 0 saturated carbocycles. The number of amides is 2. The number of benzene rings is 3. The van der Waals surface area contributed by atoms with E-state index in [-0.39, 0.29) is 6.10 Å².